The molecule has 0 saturated heterocycles. The van der Waals surface area contributed by atoms with Gasteiger partial charge in [-0.3, -0.25) is 4.79 Å². The minimum Gasteiger partial charge on any atom is -0.342 e. The van der Waals surface area contributed by atoms with E-state index in [1.807, 2.05) is 0 Å². The smallest absolute Gasteiger partial charge is 0.178 e. The number of nitrogens with one attached hydrogen (secondary N) is 1. The van der Waals surface area contributed by atoms with Gasteiger partial charge in [0.05, 0.1) is 11.0 Å². The lowest BCUT2D eigenvalue weighted by molar-refractivity contribution is 0.765. The Morgan fingerprint density at radius 2 is 2.07 bits per heavy atom. The summed E-state index contributed by atoms with van der Waals surface area (Å²) in [5.74, 6) is 1.01. The second-order valence-corrected chi connectivity index (χ2v) is 3.66. The van der Waals surface area contributed by atoms with Gasteiger partial charge < -0.3 is 4.98 Å². The van der Waals surface area contributed by atoms with Crippen LogP contribution in [0.5, 0.6) is 0 Å². The van der Waals surface area contributed by atoms with E-state index < -0.39 is 0 Å². The van der Waals surface area contributed by atoms with E-state index in [-0.39, 0.29) is 5.43 Å². The number of imidazole rings is 1. The minimum atomic E-state index is 0.0107. The molecular formula is C12H14N2O. The van der Waals surface area contributed by atoms with Crippen molar-refractivity contribution >= 4 is 11.0 Å². The summed E-state index contributed by atoms with van der Waals surface area (Å²) in [6, 6.07) is 6.67. The van der Waals surface area contributed by atoms with E-state index in [4.69, 9.17) is 0 Å². The second-order valence-electron chi connectivity index (χ2n) is 3.66. The molecule has 0 aliphatic carbocycles. The number of rotatable bonds is 3. The number of unbranched alkanes of at least 4 members (excludes halogenated alkanes) is 1. The number of fused-ring (bicyclic) bond motifs is 1. The SMILES string of the molecule is CCCCc1nc2ccc(=O)ccc2[nH]1. The zero-order valence-electron chi connectivity index (χ0n) is 8.79. The fraction of sp³-hybridized carbons (Fsp3) is 0.333. The Kier molecular flexibility index (Phi) is 2.81. The molecule has 3 heteroatoms. The third-order valence-electron chi connectivity index (χ3n) is 2.40. The van der Waals surface area contributed by atoms with Gasteiger partial charge >= 0.3 is 0 Å². The van der Waals surface area contributed by atoms with Crippen LogP contribution in [0, 0.1) is 0 Å². The average molecular weight is 202 g/mol. The van der Waals surface area contributed by atoms with Crippen LogP contribution in [0.15, 0.2) is 29.1 Å². The third-order valence-corrected chi connectivity index (χ3v) is 2.40. The maximum Gasteiger partial charge on any atom is 0.178 e. The van der Waals surface area contributed by atoms with Crippen molar-refractivity contribution in [2.24, 2.45) is 0 Å². The van der Waals surface area contributed by atoms with Crippen LogP contribution in [0.25, 0.3) is 11.0 Å². The van der Waals surface area contributed by atoms with Gasteiger partial charge in [-0.25, -0.2) is 4.98 Å². The topological polar surface area (TPSA) is 45.8 Å². The van der Waals surface area contributed by atoms with Crippen molar-refractivity contribution in [3.63, 3.8) is 0 Å². The van der Waals surface area contributed by atoms with E-state index in [0.29, 0.717) is 0 Å². The van der Waals surface area contributed by atoms with Crippen LogP contribution in [-0.4, -0.2) is 9.97 Å². The fourth-order valence-corrected chi connectivity index (χ4v) is 1.55. The van der Waals surface area contributed by atoms with E-state index in [1.165, 1.54) is 0 Å². The van der Waals surface area contributed by atoms with Crippen LogP contribution >= 0.6 is 0 Å². The lowest BCUT2D eigenvalue weighted by Gasteiger charge is -1.90. The first-order chi connectivity index (χ1) is 7.29. The first kappa shape index (κ1) is 9.90. The molecule has 1 heterocycles. The zero-order chi connectivity index (χ0) is 10.7. The molecule has 2 aromatic rings. The lowest BCUT2D eigenvalue weighted by Crippen LogP contribution is -1.89. The molecule has 78 valence electrons. The molecular weight excluding hydrogens is 188 g/mol. The van der Waals surface area contributed by atoms with E-state index in [0.717, 1.165) is 36.1 Å². The molecule has 1 aromatic heterocycles. The second kappa shape index (κ2) is 4.26. The number of nitrogens with zero attached hydrogens (tertiary/aromatic N) is 1. The van der Waals surface area contributed by atoms with Gasteiger partial charge in [0.1, 0.15) is 5.82 Å². The molecule has 0 saturated carbocycles. The molecule has 1 N–H and O–H groups in total. The standard InChI is InChI=1S/C12H14N2O/c1-2-3-4-12-13-10-7-5-9(15)6-8-11(10)14-12/h5-8H,2-4H2,1H3,(H,13,14). The first-order valence-electron chi connectivity index (χ1n) is 5.28. The predicted octanol–water partition coefficient (Wildman–Crippen LogP) is 2.27. The monoisotopic (exact) mass is 202 g/mol. The summed E-state index contributed by atoms with van der Waals surface area (Å²) < 4.78 is 0. The van der Waals surface area contributed by atoms with Gasteiger partial charge in [0.25, 0.3) is 0 Å². The molecule has 0 amide bonds. The fourth-order valence-electron chi connectivity index (χ4n) is 1.55. The van der Waals surface area contributed by atoms with Crippen LogP contribution < -0.4 is 5.43 Å². The number of aromatic nitrogens is 2. The highest BCUT2D eigenvalue weighted by Gasteiger charge is 2.00. The molecule has 2 rings (SSSR count). The highest BCUT2D eigenvalue weighted by Crippen LogP contribution is 2.09. The molecule has 0 fully saturated rings. The van der Waals surface area contributed by atoms with E-state index in [9.17, 15) is 4.79 Å². The van der Waals surface area contributed by atoms with Crippen molar-refractivity contribution in [1.82, 2.24) is 9.97 Å². The summed E-state index contributed by atoms with van der Waals surface area (Å²) >= 11 is 0. The summed E-state index contributed by atoms with van der Waals surface area (Å²) in [6.07, 6.45) is 3.27. The number of H-pyrrole nitrogens is 1. The summed E-state index contributed by atoms with van der Waals surface area (Å²) in [5.41, 5.74) is 1.81. The summed E-state index contributed by atoms with van der Waals surface area (Å²) in [6.45, 7) is 2.16. The van der Waals surface area contributed by atoms with E-state index >= 15 is 0 Å². The maximum absolute atomic E-state index is 11.1. The number of aromatic amines is 1. The number of hydrogen-bond donors (Lipinski definition) is 1. The Morgan fingerprint density at radius 3 is 2.87 bits per heavy atom. The van der Waals surface area contributed by atoms with Crippen molar-refractivity contribution in [2.45, 2.75) is 26.2 Å². The van der Waals surface area contributed by atoms with Crippen LogP contribution in [0.1, 0.15) is 25.6 Å². The summed E-state index contributed by atoms with van der Waals surface area (Å²) in [4.78, 5) is 18.8. The highest BCUT2D eigenvalue weighted by molar-refractivity contribution is 5.73. The van der Waals surface area contributed by atoms with Gasteiger partial charge in [-0.05, 0) is 30.7 Å². The molecule has 0 unspecified atom stereocenters. The van der Waals surface area contributed by atoms with Gasteiger partial charge in [-0.15, -0.1) is 0 Å². The lowest BCUT2D eigenvalue weighted by atomic mass is 10.2. The Bertz CT molecular complexity index is 477. The molecule has 0 aliphatic rings. The summed E-state index contributed by atoms with van der Waals surface area (Å²) in [7, 11) is 0. The van der Waals surface area contributed by atoms with Gasteiger partial charge in [0.2, 0.25) is 0 Å². The van der Waals surface area contributed by atoms with Crippen molar-refractivity contribution in [2.75, 3.05) is 0 Å². The maximum atomic E-state index is 11.1. The third kappa shape index (κ3) is 2.24. The normalized spacial score (nSPS) is 10.7. The molecule has 3 nitrogen and oxygen atoms in total. The summed E-state index contributed by atoms with van der Waals surface area (Å²) in [5, 5.41) is 0. The van der Waals surface area contributed by atoms with E-state index in [1.54, 1.807) is 24.3 Å². The van der Waals surface area contributed by atoms with Gasteiger partial charge in [0, 0.05) is 6.42 Å². The minimum absolute atomic E-state index is 0.0107. The average Bonchev–Trinajstić information content (AvgIpc) is 2.55. The van der Waals surface area contributed by atoms with Crippen LogP contribution in [0.2, 0.25) is 0 Å². The number of hydrogen-bond acceptors (Lipinski definition) is 2. The zero-order valence-corrected chi connectivity index (χ0v) is 8.79. The van der Waals surface area contributed by atoms with Crippen LogP contribution in [-0.2, 0) is 6.42 Å². The largest absolute Gasteiger partial charge is 0.342 e. The Labute approximate surface area is 88.2 Å². The molecule has 0 bridgehead atoms. The predicted molar refractivity (Wildman–Crippen MR) is 61.0 cm³/mol. The van der Waals surface area contributed by atoms with Crippen LogP contribution in [0.4, 0.5) is 0 Å². The van der Waals surface area contributed by atoms with Crippen molar-refractivity contribution in [3.8, 4) is 0 Å². The molecule has 0 atom stereocenters. The molecule has 1 aromatic carbocycles. The molecule has 0 spiro atoms. The van der Waals surface area contributed by atoms with Gasteiger partial charge in [-0.1, -0.05) is 13.3 Å². The Morgan fingerprint density at radius 1 is 1.27 bits per heavy atom. The van der Waals surface area contributed by atoms with Gasteiger partial charge in [-0.2, -0.15) is 0 Å². The van der Waals surface area contributed by atoms with Crippen molar-refractivity contribution in [3.05, 3.63) is 40.3 Å². The molecule has 0 radical (unpaired) electrons. The van der Waals surface area contributed by atoms with Crippen molar-refractivity contribution < 1.29 is 0 Å². The first-order valence-corrected chi connectivity index (χ1v) is 5.28. The Hall–Kier alpha value is -1.64. The van der Waals surface area contributed by atoms with Crippen molar-refractivity contribution in [1.29, 1.82) is 0 Å². The quantitative estimate of drug-likeness (QED) is 0.829. The van der Waals surface area contributed by atoms with Gasteiger partial charge in [0.15, 0.2) is 5.43 Å². The Balaban J connectivity index is 2.41. The van der Waals surface area contributed by atoms with Crippen LogP contribution in [0.3, 0.4) is 0 Å². The van der Waals surface area contributed by atoms with E-state index in [2.05, 4.69) is 16.9 Å². The molecule has 15 heavy (non-hydrogen) atoms. The molecule has 0 aliphatic heterocycles. The highest BCUT2D eigenvalue weighted by atomic mass is 16.1. The number of aryl methyl sites for hydroxylation is 1.